The first kappa shape index (κ1) is 19.4. The molecule has 7 rings (SSSR count). The van der Waals surface area contributed by atoms with Crippen molar-refractivity contribution in [3.63, 3.8) is 0 Å². The van der Waals surface area contributed by atoms with Crippen LogP contribution >= 0.6 is 15.9 Å². The second-order valence-corrected chi connectivity index (χ2v) is 9.75. The first-order valence-electron chi connectivity index (χ1n) is 10.4. The third kappa shape index (κ3) is 2.41. The summed E-state index contributed by atoms with van der Waals surface area (Å²) in [4.78, 5) is 40.9. The number of likely N-dealkylation sites (tertiary alicyclic amines) is 1. The maximum absolute atomic E-state index is 13.6. The molecule has 0 spiro atoms. The normalized spacial score (nSPS) is 27.2. The second kappa shape index (κ2) is 6.62. The molecule has 7 nitrogen and oxygen atoms in total. The molecule has 3 aliphatic carbocycles. The van der Waals surface area contributed by atoms with E-state index in [1.165, 1.54) is 0 Å². The fourth-order valence-electron chi connectivity index (χ4n) is 5.65. The minimum absolute atomic E-state index is 0.227. The van der Waals surface area contributed by atoms with Gasteiger partial charge in [0.15, 0.2) is 5.82 Å². The van der Waals surface area contributed by atoms with Crippen molar-refractivity contribution < 1.29 is 18.9 Å². The maximum atomic E-state index is 13.6. The van der Waals surface area contributed by atoms with E-state index in [1.807, 2.05) is 48.5 Å². The summed E-state index contributed by atoms with van der Waals surface area (Å²) in [5.74, 6) is -1.75. The van der Waals surface area contributed by atoms with E-state index in [1.54, 1.807) is 13.0 Å². The third-order valence-electron chi connectivity index (χ3n) is 6.80. The minimum atomic E-state index is -0.819. The third-order valence-corrected chi connectivity index (χ3v) is 8.15. The van der Waals surface area contributed by atoms with Gasteiger partial charge < -0.3 is 9.84 Å². The van der Waals surface area contributed by atoms with Gasteiger partial charge in [-0.2, -0.15) is 0 Å². The second-order valence-electron chi connectivity index (χ2n) is 8.50. The Morgan fingerprint density at radius 1 is 1.09 bits per heavy atom. The van der Waals surface area contributed by atoms with Crippen LogP contribution in [-0.4, -0.2) is 34.3 Å². The van der Waals surface area contributed by atoms with E-state index in [4.69, 9.17) is 4.52 Å². The molecule has 160 valence electrons. The van der Waals surface area contributed by atoms with Crippen LogP contribution in [-0.2, 0) is 18.7 Å². The summed E-state index contributed by atoms with van der Waals surface area (Å²) in [5, 5.41) is 6.33. The molecule has 1 aliphatic heterocycles. The lowest BCUT2D eigenvalue weighted by atomic mass is 9.55. The van der Waals surface area contributed by atoms with Crippen molar-refractivity contribution in [3.8, 4) is 0 Å². The molecule has 1 N–H and O–H groups in total. The standard InChI is InChI=1S/C24H18BrN3O4/c1-12-10-17(27-32-12)26-18(29)11-28-22(30)20-19-13-6-2-4-8-15(13)24(25,21(20)23(28)31)16-9-5-3-7-14(16)19/h2-10,19-21H,11H2,1H3,(H,26,27,29)/t19?,20-,21+,24?/m0/s1. The number of imide groups is 1. The number of alkyl halides is 1. The molecular formula is C24H18BrN3O4. The van der Waals surface area contributed by atoms with Gasteiger partial charge in [0.05, 0.1) is 16.2 Å². The van der Waals surface area contributed by atoms with Gasteiger partial charge in [-0.1, -0.05) is 69.6 Å². The zero-order chi connectivity index (χ0) is 22.2. The highest BCUT2D eigenvalue weighted by Gasteiger charge is 2.67. The molecule has 0 radical (unpaired) electrons. The number of aryl methyl sites for hydroxylation is 1. The molecule has 1 aromatic heterocycles. The van der Waals surface area contributed by atoms with Crippen LogP contribution in [0.5, 0.6) is 0 Å². The number of hydrogen-bond acceptors (Lipinski definition) is 5. The molecule has 2 aromatic carbocycles. The van der Waals surface area contributed by atoms with Crippen molar-refractivity contribution in [3.05, 3.63) is 82.6 Å². The molecule has 4 aliphatic rings. The lowest BCUT2D eigenvalue weighted by Gasteiger charge is -2.51. The summed E-state index contributed by atoms with van der Waals surface area (Å²) < 4.78 is 4.14. The number of benzene rings is 2. The van der Waals surface area contributed by atoms with Crippen LogP contribution < -0.4 is 5.32 Å². The van der Waals surface area contributed by atoms with E-state index in [2.05, 4.69) is 26.4 Å². The Labute approximate surface area is 191 Å². The quantitative estimate of drug-likeness (QED) is 0.448. The van der Waals surface area contributed by atoms with Gasteiger partial charge in [-0.15, -0.1) is 0 Å². The number of rotatable bonds is 3. The molecule has 2 atom stereocenters. The lowest BCUT2D eigenvalue weighted by Crippen LogP contribution is -2.50. The van der Waals surface area contributed by atoms with Crippen molar-refractivity contribution in [2.45, 2.75) is 17.2 Å². The number of nitrogens with one attached hydrogen (secondary N) is 1. The van der Waals surface area contributed by atoms with E-state index < -0.39 is 22.1 Å². The highest BCUT2D eigenvalue weighted by Crippen LogP contribution is 2.66. The minimum Gasteiger partial charge on any atom is -0.360 e. The van der Waals surface area contributed by atoms with Crippen molar-refractivity contribution in [2.24, 2.45) is 11.8 Å². The number of carbonyl (C=O) groups excluding carboxylic acids is 3. The van der Waals surface area contributed by atoms with Crippen molar-refractivity contribution in [2.75, 3.05) is 11.9 Å². The molecule has 3 aromatic rings. The highest BCUT2D eigenvalue weighted by molar-refractivity contribution is 9.09. The van der Waals surface area contributed by atoms with Gasteiger partial charge >= 0.3 is 0 Å². The Balaban J connectivity index is 1.41. The molecule has 1 saturated heterocycles. The number of carbonyl (C=O) groups is 3. The summed E-state index contributed by atoms with van der Waals surface area (Å²) in [6, 6.07) is 17.5. The van der Waals surface area contributed by atoms with Gasteiger partial charge in [0, 0.05) is 12.0 Å². The van der Waals surface area contributed by atoms with Gasteiger partial charge in [-0.05, 0) is 29.2 Å². The van der Waals surface area contributed by atoms with Crippen LogP contribution in [0.3, 0.4) is 0 Å². The van der Waals surface area contributed by atoms with Gasteiger partial charge in [-0.3, -0.25) is 19.3 Å². The smallest absolute Gasteiger partial charge is 0.245 e. The molecule has 1 fully saturated rings. The van der Waals surface area contributed by atoms with Gasteiger partial charge in [0.2, 0.25) is 17.7 Å². The van der Waals surface area contributed by atoms with Crippen LogP contribution in [0.1, 0.15) is 33.9 Å². The number of aromatic nitrogens is 1. The first-order chi connectivity index (χ1) is 15.4. The molecule has 3 amide bonds. The lowest BCUT2D eigenvalue weighted by molar-refractivity contribution is -0.142. The van der Waals surface area contributed by atoms with Crippen LogP contribution in [0, 0.1) is 18.8 Å². The molecule has 0 saturated carbocycles. The average molecular weight is 492 g/mol. The molecular weight excluding hydrogens is 474 g/mol. The van der Waals surface area contributed by atoms with Gasteiger partial charge in [0.1, 0.15) is 12.3 Å². The SMILES string of the molecule is Cc1cc(NC(=O)CN2C(=O)[C@H]3C4c5ccccc5C(Br)(c5ccccc54)[C@H]3C2=O)no1. The van der Waals surface area contributed by atoms with E-state index in [0.29, 0.717) is 5.76 Å². The number of nitrogens with zero attached hydrogens (tertiary/aromatic N) is 2. The fourth-order valence-corrected chi connectivity index (χ4v) is 6.85. The topological polar surface area (TPSA) is 92.5 Å². The highest BCUT2D eigenvalue weighted by atomic mass is 79.9. The summed E-state index contributed by atoms with van der Waals surface area (Å²) in [6.45, 7) is 1.35. The molecule has 2 heterocycles. The summed E-state index contributed by atoms with van der Waals surface area (Å²) in [6.07, 6.45) is 0. The number of hydrogen-bond donors (Lipinski definition) is 1. The molecule has 8 heteroatoms. The molecule has 32 heavy (non-hydrogen) atoms. The largest absolute Gasteiger partial charge is 0.360 e. The Morgan fingerprint density at radius 3 is 2.31 bits per heavy atom. The summed E-state index contributed by atoms with van der Waals surface area (Å²) in [7, 11) is 0. The first-order valence-corrected chi connectivity index (χ1v) is 11.2. The van der Waals surface area contributed by atoms with Crippen LogP contribution in [0.15, 0.2) is 59.1 Å². The van der Waals surface area contributed by atoms with E-state index in [0.717, 1.165) is 27.2 Å². The van der Waals surface area contributed by atoms with Gasteiger partial charge in [0.25, 0.3) is 0 Å². The van der Waals surface area contributed by atoms with E-state index >= 15 is 0 Å². The zero-order valence-corrected chi connectivity index (χ0v) is 18.6. The predicted octanol–water partition coefficient (Wildman–Crippen LogP) is 3.32. The number of amides is 3. The van der Waals surface area contributed by atoms with Crippen molar-refractivity contribution >= 4 is 39.5 Å². The Bertz CT molecular complexity index is 1270. The number of halogens is 1. The Hall–Kier alpha value is -3.26. The maximum Gasteiger partial charge on any atom is 0.245 e. The zero-order valence-electron chi connectivity index (χ0n) is 17.0. The van der Waals surface area contributed by atoms with Gasteiger partial charge in [-0.25, -0.2) is 0 Å². The Kier molecular flexibility index (Phi) is 4.02. The van der Waals surface area contributed by atoms with Crippen LogP contribution in [0.25, 0.3) is 0 Å². The van der Waals surface area contributed by atoms with Crippen molar-refractivity contribution in [1.29, 1.82) is 0 Å². The summed E-state index contributed by atoms with van der Waals surface area (Å²) in [5.41, 5.74) is 4.12. The predicted molar refractivity (Wildman–Crippen MR) is 118 cm³/mol. The van der Waals surface area contributed by atoms with Crippen molar-refractivity contribution in [1.82, 2.24) is 10.1 Å². The number of anilines is 1. The average Bonchev–Trinajstić information content (AvgIpc) is 3.31. The molecule has 0 unspecified atom stereocenters. The Morgan fingerprint density at radius 2 is 1.72 bits per heavy atom. The van der Waals surface area contributed by atoms with E-state index in [9.17, 15) is 14.4 Å². The monoisotopic (exact) mass is 491 g/mol. The summed E-state index contributed by atoms with van der Waals surface area (Å²) >= 11 is 3.93. The molecule has 2 bridgehead atoms. The van der Waals surface area contributed by atoms with E-state index in [-0.39, 0.29) is 30.1 Å². The van der Waals surface area contributed by atoms with Crippen LogP contribution in [0.2, 0.25) is 0 Å². The van der Waals surface area contributed by atoms with Crippen LogP contribution in [0.4, 0.5) is 5.82 Å². The fraction of sp³-hybridized carbons (Fsp3) is 0.250.